The number of anilines is 1. The molecule has 0 saturated carbocycles. The van der Waals surface area contributed by atoms with E-state index in [1.165, 1.54) is 15.8 Å². The van der Waals surface area contributed by atoms with Crippen LogP contribution < -0.4 is 5.32 Å². The predicted octanol–water partition coefficient (Wildman–Crippen LogP) is -3.42. The lowest BCUT2D eigenvalue weighted by Crippen LogP contribution is -2.51. The summed E-state index contributed by atoms with van der Waals surface area (Å²) in [7, 11) is 0. The third-order valence-electron chi connectivity index (χ3n) is 4.94. The summed E-state index contributed by atoms with van der Waals surface area (Å²) in [5, 5.41) is 60.3. The van der Waals surface area contributed by atoms with Crippen molar-refractivity contribution in [1.29, 1.82) is 5.41 Å². The van der Waals surface area contributed by atoms with E-state index in [9.17, 15) is 25.5 Å². The van der Waals surface area contributed by atoms with Crippen LogP contribution in [0.15, 0.2) is 6.33 Å². The molecule has 12 nitrogen and oxygen atoms in total. The zero-order valence-corrected chi connectivity index (χ0v) is 13.6. The summed E-state index contributed by atoms with van der Waals surface area (Å²) < 4.78 is 12.3. The van der Waals surface area contributed by atoms with Crippen LogP contribution in [0, 0.1) is 5.41 Å². The maximum Gasteiger partial charge on any atom is 0.165 e. The molecular weight excluding hydrogens is 350 g/mol. The molecule has 0 spiro atoms. The Balaban J connectivity index is 1.58. The smallest absolute Gasteiger partial charge is 0.165 e. The van der Waals surface area contributed by atoms with Gasteiger partial charge in [-0.15, -0.1) is 0 Å². The number of hydrogen-bond donors (Lipinski definition) is 7. The molecule has 7 N–H and O–H groups in total. The summed E-state index contributed by atoms with van der Waals surface area (Å²) in [6.07, 6.45) is -6.10. The van der Waals surface area contributed by atoms with E-state index < -0.39 is 49.6 Å². The molecule has 7 atom stereocenters. The number of aliphatic hydroxyl groups excluding tert-OH is 5. The predicted molar refractivity (Wildman–Crippen MR) is 84.1 cm³/mol. The van der Waals surface area contributed by atoms with Gasteiger partial charge in [-0.05, 0) is 0 Å². The first-order chi connectivity index (χ1) is 12.4. The molecule has 26 heavy (non-hydrogen) atoms. The minimum absolute atomic E-state index is 0.0256. The molecule has 1 aromatic rings. The van der Waals surface area contributed by atoms with Gasteiger partial charge in [0, 0.05) is 0 Å². The van der Waals surface area contributed by atoms with Gasteiger partial charge in [-0.25, -0.2) is 4.98 Å². The Morgan fingerprint density at radius 1 is 1.19 bits per heavy atom. The highest BCUT2D eigenvalue weighted by Gasteiger charge is 2.46. The summed E-state index contributed by atoms with van der Waals surface area (Å²) in [6.45, 7) is -0.373. The standard InChI is InChI=1S/C14H21N5O7/c15-11-7-12(17-4-18(11)13-8(22)5(21)2-25-13)19(3-16-7)14-10(24)9(23)6(1-20)26-14/h3,5-6,8-10,13-15,17,20-24H,1-2,4H2/t5-,6-,8-,9-,10-,13?,14-/m1/s1. The van der Waals surface area contributed by atoms with Crippen molar-refractivity contribution >= 4 is 11.7 Å². The first-order valence-corrected chi connectivity index (χ1v) is 8.20. The van der Waals surface area contributed by atoms with Gasteiger partial charge >= 0.3 is 0 Å². The highest BCUT2D eigenvalue weighted by atomic mass is 16.6. The van der Waals surface area contributed by atoms with Gasteiger partial charge in [0.25, 0.3) is 0 Å². The SMILES string of the molecule is N=C1c2ncn([C@@H]3O[C@H](CO)[C@@H](O)[C@H]3O)c2NCN1C1OC[C@@H](O)[C@H]1O. The van der Waals surface area contributed by atoms with Crippen LogP contribution in [0.3, 0.4) is 0 Å². The fourth-order valence-electron chi connectivity index (χ4n) is 3.46. The molecule has 0 aromatic carbocycles. The van der Waals surface area contributed by atoms with E-state index in [2.05, 4.69) is 10.3 Å². The number of hydrogen-bond acceptors (Lipinski definition) is 10. The number of imidazole rings is 1. The Morgan fingerprint density at radius 2 is 1.96 bits per heavy atom. The summed E-state index contributed by atoms with van der Waals surface area (Å²) in [6, 6.07) is 0. The van der Waals surface area contributed by atoms with Crippen LogP contribution in [0.5, 0.6) is 0 Å². The molecule has 2 saturated heterocycles. The molecule has 0 bridgehead atoms. The van der Waals surface area contributed by atoms with Crippen molar-refractivity contribution in [2.75, 3.05) is 25.2 Å². The number of amidine groups is 1. The average Bonchev–Trinajstić information content (AvgIpc) is 3.28. The van der Waals surface area contributed by atoms with Gasteiger partial charge in [0.15, 0.2) is 18.3 Å². The van der Waals surface area contributed by atoms with Crippen molar-refractivity contribution in [3.63, 3.8) is 0 Å². The van der Waals surface area contributed by atoms with Crippen LogP contribution >= 0.6 is 0 Å². The minimum Gasteiger partial charge on any atom is -0.394 e. The molecule has 1 unspecified atom stereocenters. The van der Waals surface area contributed by atoms with E-state index in [0.717, 1.165) is 0 Å². The second kappa shape index (κ2) is 6.42. The Bertz CT molecular complexity index is 699. The molecule has 4 rings (SSSR count). The third-order valence-corrected chi connectivity index (χ3v) is 4.94. The van der Waals surface area contributed by atoms with Crippen LogP contribution in [0.2, 0.25) is 0 Å². The number of nitrogens with one attached hydrogen (secondary N) is 2. The lowest BCUT2D eigenvalue weighted by Gasteiger charge is -2.35. The first kappa shape index (κ1) is 17.6. The van der Waals surface area contributed by atoms with E-state index in [-0.39, 0.29) is 24.8 Å². The van der Waals surface area contributed by atoms with Gasteiger partial charge in [0.05, 0.1) is 26.2 Å². The van der Waals surface area contributed by atoms with Crippen molar-refractivity contribution in [2.45, 2.75) is 43.0 Å². The molecule has 12 heteroatoms. The second-order valence-electron chi connectivity index (χ2n) is 6.51. The van der Waals surface area contributed by atoms with Gasteiger partial charge in [-0.2, -0.15) is 0 Å². The fraction of sp³-hybridized carbons (Fsp3) is 0.714. The van der Waals surface area contributed by atoms with E-state index in [0.29, 0.717) is 5.82 Å². The largest absolute Gasteiger partial charge is 0.394 e. The number of nitrogens with zero attached hydrogens (tertiary/aromatic N) is 3. The van der Waals surface area contributed by atoms with Gasteiger partial charge in [-0.1, -0.05) is 0 Å². The molecule has 0 aliphatic carbocycles. The van der Waals surface area contributed by atoms with E-state index >= 15 is 0 Å². The highest BCUT2D eigenvalue weighted by molar-refractivity contribution is 6.00. The molecule has 1 aromatic heterocycles. The first-order valence-electron chi connectivity index (χ1n) is 8.20. The zero-order chi connectivity index (χ0) is 18.6. The van der Waals surface area contributed by atoms with Crippen molar-refractivity contribution in [1.82, 2.24) is 14.5 Å². The third kappa shape index (κ3) is 2.50. The Hall–Kier alpha value is -1.80. The van der Waals surface area contributed by atoms with E-state index in [4.69, 9.17) is 14.9 Å². The molecule has 0 amide bonds. The molecule has 4 heterocycles. The van der Waals surface area contributed by atoms with Crippen molar-refractivity contribution < 1.29 is 35.0 Å². The fourth-order valence-corrected chi connectivity index (χ4v) is 3.46. The molecular formula is C14H21N5O7. The van der Waals surface area contributed by atoms with Gasteiger partial charge in [0.1, 0.15) is 42.0 Å². The monoisotopic (exact) mass is 371 g/mol. The van der Waals surface area contributed by atoms with Crippen LogP contribution in [0.25, 0.3) is 0 Å². The summed E-state index contributed by atoms with van der Waals surface area (Å²) in [4.78, 5) is 5.59. The van der Waals surface area contributed by atoms with Crippen molar-refractivity contribution in [3.05, 3.63) is 12.0 Å². The normalized spacial score (nSPS) is 40.0. The van der Waals surface area contributed by atoms with Gasteiger partial charge in [0.2, 0.25) is 0 Å². The molecule has 3 aliphatic heterocycles. The Labute approximate surface area is 147 Å². The lowest BCUT2D eigenvalue weighted by molar-refractivity contribution is -0.0526. The molecule has 144 valence electrons. The number of fused-ring (bicyclic) bond motifs is 1. The van der Waals surface area contributed by atoms with Gasteiger partial charge < -0.3 is 45.2 Å². The zero-order valence-electron chi connectivity index (χ0n) is 13.6. The summed E-state index contributed by atoms with van der Waals surface area (Å²) in [5.74, 6) is 0.372. The van der Waals surface area contributed by atoms with Gasteiger partial charge in [-0.3, -0.25) is 9.98 Å². The number of ether oxygens (including phenoxy) is 2. The molecule has 0 radical (unpaired) electrons. The second-order valence-corrected chi connectivity index (χ2v) is 6.51. The van der Waals surface area contributed by atoms with Crippen molar-refractivity contribution in [3.8, 4) is 0 Å². The van der Waals surface area contributed by atoms with Crippen LogP contribution in [-0.4, -0.2) is 102 Å². The number of aromatic nitrogens is 2. The van der Waals surface area contributed by atoms with E-state index in [1.807, 2.05) is 0 Å². The van der Waals surface area contributed by atoms with E-state index in [1.54, 1.807) is 0 Å². The highest BCUT2D eigenvalue weighted by Crippen LogP contribution is 2.34. The maximum atomic E-state index is 10.2. The quantitative estimate of drug-likeness (QED) is 0.283. The lowest BCUT2D eigenvalue weighted by atomic mass is 10.1. The molecule has 2 fully saturated rings. The average molecular weight is 371 g/mol. The minimum atomic E-state index is -1.27. The number of rotatable bonds is 3. The summed E-state index contributed by atoms with van der Waals surface area (Å²) >= 11 is 0. The van der Waals surface area contributed by atoms with Crippen molar-refractivity contribution in [2.24, 2.45) is 0 Å². The summed E-state index contributed by atoms with van der Waals surface area (Å²) in [5.41, 5.74) is 0.242. The van der Waals surface area contributed by atoms with Crippen LogP contribution in [0.1, 0.15) is 11.9 Å². The molecule has 3 aliphatic rings. The Morgan fingerprint density at radius 3 is 2.58 bits per heavy atom. The number of aliphatic hydroxyl groups is 5. The van der Waals surface area contributed by atoms with Crippen LogP contribution in [0.4, 0.5) is 5.82 Å². The topological polar surface area (TPSA) is 177 Å². The maximum absolute atomic E-state index is 10.2. The Kier molecular flexibility index (Phi) is 4.35. The van der Waals surface area contributed by atoms with Crippen LogP contribution in [-0.2, 0) is 9.47 Å².